The Bertz CT molecular complexity index is 1580. The van der Waals surface area contributed by atoms with E-state index in [9.17, 15) is 14.4 Å². The van der Waals surface area contributed by atoms with E-state index in [0.717, 1.165) is 32.7 Å². The first-order chi connectivity index (χ1) is 18.4. The molecule has 1 fully saturated rings. The molecule has 0 saturated carbocycles. The number of nitrogens with one attached hydrogen (secondary N) is 2. The van der Waals surface area contributed by atoms with Gasteiger partial charge in [-0.15, -0.1) is 0 Å². The molecule has 4 aromatic rings. The molecule has 0 bridgehead atoms. The molecular weight excluding hydrogens is 480 g/mol. The second-order valence-electron chi connectivity index (χ2n) is 9.80. The van der Waals surface area contributed by atoms with Gasteiger partial charge in [-0.1, -0.05) is 42.5 Å². The number of anilines is 1. The van der Waals surface area contributed by atoms with Gasteiger partial charge in [-0.2, -0.15) is 0 Å². The number of ether oxygens (including phenoxy) is 1. The Morgan fingerprint density at radius 2 is 1.82 bits per heavy atom. The van der Waals surface area contributed by atoms with E-state index in [-0.39, 0.29) is 23.1 Å². The molecular formula is C30H28N4O4. The van der Waals surface area contributed by atoms with Gasteiger partial charge in [0, 0.05) is 24.0 Å². The van der Waals surface area contributed by atoms with Gasteiger partial charge in [-0.05, 0) is 61.2 Å². The van der Waals surface area contributed by atoms with Gasteiger partial charge in [-0.25, -0.2) is 9.69 Å². The summed E-state index contributed by atoms with van der Waals surface area (Å²) < 4.78 is 5.40. The number of nitrogens with zero attached hydrogens (tertiary/aromatic N) is 2. The van der Waals surface area contributed by atoms with E-state index in [0.29, 0.717) is 31.6 Å². The van der Waals surface area contributed by atoms with Crippen molar-refractivity contribution in [2.24, 2.45) is 0 Å². The van der Waals surface area contributed by atoms with Gasteiger partial charge < -0.3 is 19.9 Å². The number of amides is 4. The van der Waals surface area contributed by atoms with Gasteiger partial charge in [0.15, 0.2) is 5.54 Å². The summed E-state index contributed by atoms with van der Waals surface area (Å²) in [5.74, 6) is 0.0200. The molecule has 1 saturated heterocycles. The molecule has 2 N–H and O–H groups in total. The summed E-state index contributed by atoms with van der Waals surface area (Å²) in [6, 6.07) is 22.0. The number of urea groups is 1. The number of carbonyl (C=O) groups excluding carboxylic acids is 3. The summed E-state index contributed by atoms with van der Waals surface area (Å²) in [5.41, 5.74) is 3.07. The Morgan fingerprint density at radius 1 is 1.05 bits per heavy atom. The van der Waals surface area contributed by atoms with Crippen molar-refractivity contribution < 1.29 is 19.1 Å². The second-order valence-corrected chi connectivity index (χ2v) is 9.80. The number of aromatic amines is 1. The van der Waals surface area contributed by atoms with Gasteiger partial charge in [0.25, 0.3) is 11.8 Å². The lowest BCUT2D eigenvalue weighted by atomic mass is 9.87. The Balaban J connectivity index is 1.33. The number of hydrogen-bond acceptors (Lipinski definition) is 4. The van der Waals surface area contributed by atoms with Gasteiger partial charge >= 0.3 is 6.03 Å². The number of imide groups is 1. The van der Waals surface area contributed by atoms with Crippen LogP contribution in [0.15, 0.2) is 72.8 Å². The van der Waals surface area contributed by atoms with Crippen LogP contribution in [0.2, 0.25) is 0 Å². The predicted molar refractivity (Wildman–Crippen MR) is 144 cm³/mol. The summed E-state index contributed by atoms with van der Waals surface area (Å²) >= 11 is 0. The van der Waals surface area contributed by atoms with Gasteiger partial charge in [0.05, 0.1) is 24.1 Å². The zero-order valence-electron chi connectivity index (χ0n) is 21.3. The summed E-state index contributed by atoms with van der Waals surface area (Å²) in [4.78, 5) is 47.2. The average molecular weight is 509 g/mol. The van der Waals surface area contributed by atoms with E-state index in [1.54, 1.807) is 43.2 Å². The highest BCUT2D eigenvalue weighted by Gasteiger charge is 2.59. The molecule has 1 atom stereocenters. The fourth-order valence-electron chi connectivity index (χ4n) is 5.68. The van der Waals surface area contributed by atoms with Gasteiger partial charge in [0.1, 0.15) is 5.75 Å². The Labute approximate surface area is 220 Å². The fourth-order valence-corrected chi connectivity index (χ4v) is 5.68. The Morgan fingerprint density at radius 3 is 2.61 bits per heavy atom. The quantitative estimate of drug-likeness (QED) is 0.378. The number of fused-ring (bicyclic) bond motifs is 5. The number of methoxy groups -OCH3 is 1. The molecule has 8 nitrogen and oxygen atoms in total. The summed E-state index contributed by atoms with van der Waals surface area (Å²) in [6.45, 7) is 2.60. The predicted octanol–water partition coefficient (Wildman–Crippen LogP) is 4.39. The zero-order valence-corrected chi connectivity index (χ0v) is 21.3. The van der Waals surface area contributed by atoms with Crippen LogP contribution in [0.4, 0.5) is 10.5 Å². The molecule has 2 aliphatic rings. The first kappa shape index (κ1) is 23.8. The van der Waals surface area contributed by atoms with Crippen LogP contribution >= 0.6 is 0 Å². The lowest BCUT2D eigenvalue weighted by Gasteiger charge is -2.35. The minimum absolute atomic E-state index is 0.285. The number of carbonyl (C=O) groups is 3. The Kier molecular flexibility index (Phi) is 5.67. The third-order valence-electron chi connectivity index (χ3n) is 7.70. The van der Waals surface area contributed by atoms with Crippen molar-refractivity contribution in [3.05, 3.63) is 95.2 Å². The summed E-state index contributed by atoms with van der Waals surface area (Å²) in [6.07, 6.45) is 1.28. The van der Waals surface area contributed by atoms with Crippen molar-refractivity contribution in [2.75, 3.05) is 25.1 Å². The number of H-pyrrole nitrogens is 1. The summed E-state index contributed by atoms with van der Waals surface area (Å²) in [7, 11) is 1.62. The number of rotatable bonds is 6. The molecule has 2 aliphatic heterocycles. The van der Waals surface area contributed by atoms with E-state index in [4.69, 9.17) is 4.74 Å². The highest BCUT2D eigenvalue weighted by molar-refractivity contribution is 6.25. The average Bonchev–Trinajstić information content (AvgIpc) is 3.41. The van der Waals surface area contributed by atoms with Gasteiger partial charge in [0.2, 0.25) is 0 Å². The van der Waals surface area contributed by atoms with E-state index in [2.05, 4.69) is 10.3 Å². The van der Waals surface area contributed by atoms with Crippen molar-refractivity contribution in [3.8, 4) is 5.75 Å². The monoisotopic (exact) mass is 508 g/mol. The van der Waals surface area contributed by atoms with Crippen molar-refractivity contribution >= 4 is 34.4 Å². The molecule has 8 heteroatoms. The molecule has 0 unspecified atom stereocenters. The van der Waals surface area contributed by atoms with Crippen molar-refractivity contribution in [1.29, 1.82) is 0 Å². The third-order valence-corrected chi connectivity index (χ3v) is 7.70. The van der Waals surface area contributed by atoms with Crippen LogP contribution in [-0.2, 0) is 23.2 Å². The molecule has 3 aromatic carbocycles. The van der Waals surface area contributed by atoms with Crippen LogP contribution < -0.4 is 15.0 Å². The van der Waals surface area contributed by atoms with E-state index in [1.807, 2.05) is 48.5 Å². The van der Waals surface area contributed by atoms with Crippen molar-refractivity contribution in [2.45, 2.75) is 25.3 Å². The number of benzene rings is 3. The molecule has 38 heavy (non-hydrogen) atoms. The smallest absolute Gasteiger partial charge is 0.332 e. The maximum atomic E-state index is 14.1. The SMILES string of the molecule is COc1ccc2[nH]c3c(c2c1)CCN1C(=O)N(c2ccccc2C(=O)NCCc2ccccc2)C(=O)[C@]31C. The van der Waals surface area contributed by atoms with Crippen LogP contribution in [0.1, 0.15) is 34.1 Å². The summed E-state index contributed by atoms with van der Waals surface area (Å²) in [5, 5.41) is 3.92. The molecule has 0 radical (unpaired) electrons. The molecule has 3 heterocycles. The number of aromatic nitrogens is 1. The topological polar surface area (TPSA) is 94.7 Å². The van der Waals surface area contributed by atoms with Crippen LogP contribution in [0.5, 0.6) is 5.75 Å². The highest BCUT2D eigenvalue weighted by Crippen LogP contribution is 2.46. The molecule has 0 spiro atoms. The van der Waals surface area contributed by atoms with Crippen molar-refractivity contribution in [3.63, 3.8) is 0 Å². The fraction of sp³-hybridized carbons (Fsp3) is 0.233. The highest BCUT2D eigenvalue weighted by atomic mass is 16.5. The minimum atomic E-state index is -1.21. The molecule has 192 valence electrons. The van der Waals surface area contributed by atoms with E-state index < -0.39 is 11.6 Å². The lowest BCUT2D eigenvalue weighted by Crippen LogP contribution is -2.49. The third kappa shape index (κ3) is 3.55. The molecule has 4 amide bonds. The molecule has 0 aliphatic carbocycles. The standard InChI is InChI=1S/C30H28N4O4/c1-30-26-21(23-18-20(38-2)12-13-24(23)32-26)15-17-33(30)29(37)34(28(30)36)25-11-7-6-10-22(25)27(35)31-16-14-19-8-4-3-5-9-19/h3-13,18,32H,14-17H2,1-2H3,(H,31,35)/t30-/m0/s1. The number of para-hydroxylation sites is 1. The first-order valence-electron chi connectivity index (χ1n) is 12.7. The van der Waals surface area contributed by atoms with Crippen LogP contribution in [0, 0.1) is 0 Å². The first-order valence-corrected chi connectivity index (χ1v) is 12.7. The van der Waals surface area contributed by atoms with Crippen LogP contribution in [-0.4, -0.2) is 47.9 Å². The van der Waals surface area contributed by atoms with E-state index >= 15 is 0 Å². The molecule has 1 aromatic heterocycles. The maximum absolute atomic E-state index is 14.1. The van der Waals surface area contributed by atoms with Crippen LogP contribution in [0.3, 0.4) is 0 Å². The largest absolute Gasteiger partial charge is 0.497 e. The number of hydrogen-bond donors (Lipinski definition) is 2. The van der Waals surface area contributed by atoms with E-state index in [1.165, 1.54) is 0 Å². The maximum Gasteiger partial charge on any atom is 0.332 e. The second kappa shape index (κ2) is 9.06. The molecule has 6 rings (SSSR count). The zero-order chi connectivity index (χ0) is 26.4. The van der Waals surface area contributed by atoms with Crippen LogP contribution in [0.25, 0.3) is 10.9 Å². The van der Waals surface area contributed by atoms with Gasteiger partial charge in [-0.3, -0.25) is 9.59 Å². The van der Waals surface area contributed by atoms with Crippen molar-refractivity contribution in [1.82, 2.24) is 15.2 Å². The normalized spacial score (nSPS) is 18.5. The lowest BCUT2D eigenvalue weighted by molar-refractivity contribution is -0.125. The minimum Gasteiger partial charge on any atom is -0.497 e. The Hall–Kier alpha value is -4.59.